The topological polar surface area (TPSA) is 74.6 Å². The molecule has 0 bridgehead atoms. The summed E-state index contributed by atoms with van der Waals surface area (Å²) in [5.74, 6) is -2.37. The molecule has 0 aliphatic heterocycles. The number of carbonyl (C=O) groups is 2. The molecule has 5 heteroatoms. The van der Waals surface area contributed by atoms with Crippen molar-refractivity contribution in [1.29, 1.82) is 0 Å². The van der Waals surface area contributed by atoms with Gasteiger partial charge in [0.25, 0.3) is 0 Å². The minimum absolute atomic E-state index is 0. The van der Waals surface area contributed by atoms with Crippen molar-refractivity contribution in [3.63, 3.8) is 0 Å². The number of aliphatic carboxylic acids is 2. The standard InChI is InChI=1S/C8H12O4.Ba.2H/c9-6(10)8(7(11)12)4-2-1-3-5-8;;;/h1-5H2,(H,9,10)(H,11,12);;;. The SMILES string of the molecule is O=C(O)C1(C(=O)O)CCCCC1.[BaH2]. The summed E-state index contributed by atoms with van der Waals surface area (Å²) in [7, 11) is 0. The molecule has 1 rings (SSSR count). The summed E-state index contributed by atoms with van der Waals surface area (Å²) in [6.07, 6.45) is 2.91. The third kappa shape index (κ3) is 2.73. The monoisotopic (exact) mass is 312 g/mol. The molecule has 0 aromatic heterocycles. The summed E-state index contributed by atoms with van der Waals surface area (Å²) in [6, 6.07) is 0. The van der Waals surface area contributed by atoms with E-state index in [1.54, 1.807) is 0 Å². The number of hydrogen-bond acceptors (Lipinski definition) is 2. The Kier molecular flexibility index (Phi) is 5.62. The van der Waals surface area contributed by atoms with Gasteiger partial charge in [-0.15, -0.1) is 0 Å². The summed E-state index contributed by atoms with van der Waals surface area (Å²) < 4.78 is 0. The van der Waals surface area contributed by atoms with Crippen LogP contribution < -0.4 is 0 Å². The number of hydrogen-bond donors (Lipinski definition) is 2. The predicted molar refractivity (Wildman–Crippen MR) is 49.3 cm³/mol. The maximum absolute atomic E-state index is 10.7. The van der Waals surface area contributed by atoms with E-state index in [1.807, 2.05) is 0 Å². The first-order valence-corrected chi connectivity index (χ1v) is 4.06. The second-order valence-corrected chi connectivity index (χ2v) is 3.25. The van der Waals surface area contributed by atoms with Crippen molar-refractivity contribution in [2.75, 3.05) is 0 Å². The van der Waals surface area contributed by atoms with Crippen LogP contribution in [0.3, 0.4) is 0 Å². The van der Waals surface area contributed by atoms with Gasteiger partial charge in [0.1, 0.15) is 0 Å². The molecule has 1 aliphatic rings. The van der Waals surface area contributed by atoms with Crippen molar-refractivity contribution < 1.29 is 19.8 Å². The molecule has 0 spiro atoms. The molecule has 0 radical (unpaired) electrons. The molecule has 72 valence electrons. The number of carboxylic acid groups (broad SMARTS) is 2. The molecule has 0 amide bonds. The second kappa shape index (κ2) is 5.41. The van der Waals surface area contributed by atoms with Gasteiger partial charge in [0.2, 0.25) is 0 Å². The van der Waals surface area contributed by atoms with E-state index < -0.39 is 17.4 Å². The third-order valence-corrected chi connectivity index (χ3v) is 2.53. The Morgan fingerprint density at radius 2 is 1.31 bits per heavy atom. The van der Waals surface area contributed by atoms with Gasteiger partial charge in [0.15, 0.2) is 5.41 Å². The van der Waals surface area contributed by atoms with Crippen LogP contribution >= 0.6 is 0 Å². The van der Waals surface area contributed by atoms with Crippen LogP contribution in [0.4, 0.5) is 0 Å². The quantitative estimate of drug-likeness (QED) is 0.564. The van der Waals surface area contributed by atoms with Gasteiger partial charge in [0, 0.05) is 0 Å². The van der Waals surface area contributed by atoms with Crippen molar-refractivity contribution in [1.82, 2.24) is 0 Å². The van der Waals surface area contributed by atoms with Gasteiger partial charge in [-0.05, 0) is 12.8 Å². The Morgan fingerprint density at radius 3 is 1.54 bits per heavy atom. The Labute approximate surface area is 117 Å². The molecule has 1 fully saturated rings. The van der Waals surface area contributed by atoms with Crippen molar-refractivity contribution >= 4 is 60.8 Å². The maximum atomic E-state index is 10.7. The Morgan fingerprint density at radius 1 is 0.923 bits per heavy atom. The molecule has 2 N–H and O–H groups in total. The summed E-state index contributed by atoms with van der Waals surface area (Å²) >= 11 is 0. The first-order valence-electron chi connectivity index (χ1n) is 4.06. The van der Waals surface area contributed by atoms with E-state index in [-0.39, 0.29) is 61.7 Å². The molecule has 0 aromatic rings. The van der Waals surface area contributed by atoms with E-state index in [4.69, 9.17) is 10.2 Å². The summed E-state index contributed by atoms with van der Waals surface area (Å²) in [5, 5.41) is 17.6. The number of carboxylic acids is 2. The zero-order valence-electron chi connectivity index (χ0n) is 6.75. The average Bonchev–Trinajstić information content (AvgIpc) is 2.05. The van der Waals surface area contributed by atoms with Crippen molar-refractivity contribution in [3.8, 4) is 0 Å². The van der Waals surface area contributed by atoms with Crippen LogP contribution in [0.5, 0.6) is 0 Å². The van der Waals surface area contributed by atoms with E-state index in [9.17, 15) is 9.59 Å². The average molecular weight is 312 g/mol. The van der Waals surface area contributed by atoms with E-state index in [0.717, 1.165) is 6.42 Å². The van der Waals surface area contributed by atoms with Crippen LogP contribution in [0.25, 0.3) is 0 Å². The Hall–Kier alpha value is 0.511. The molecule has 0 aromatic carbocycles. The zero-order chi connectivity index (χ0) is 9.19. The molecule has 1 saturated carbocycles. The Balaban J connectivity index is 0.00000144. The van der Waals surface area contributed by atoms with Gasteiger partial charge in [-0.1, -0.05) is 19.3 Å². The zero-order valence-corrected chi connectivity index (χ0v) is 6.75. The van der Waals surface area contributed by atoms with Crippen LogP contribution in [-0.2, 0) is 9.59 Å². The molecule has 1 aliphatic carbocycles. The van der Waals surface area contributed by atoms with Crippen molar-refractivity contribution in [2.45, 2.75) is 32.1 Å². The fourth-order valence-electron chi connectivity index (χ4n) is 1.67. The van der Waals surface area contributed by atoms with E-state index in [2.05, 4.69) is 0 Å². The molecular formula is C8H14BaO4. The molecule has 4 nitrogen and oxygen atoms in total. The normalized spacial score (nSPS) is 20.0. The van der Waals surface area contributed by atoms with E-state index in [0.29, 0.717) is 12.8 Å². The number of rotatable bonds is 2. The molecule has 0 heterocycles. The summed E-state index contributed by atoms with van der Waals surface area (Å²) in [5.41, 5.74) is -1.49. The molecular weight excluding hydrogens is 297 g/mol. The van der Waals surface area contributed by atoms with Crippen molar-refractivity contribution in [3.05, 3.63) is 0 Å². The van der Waals surface area contributed by atoms with Gasteiger partial charge >= 0.3 is 60.8 Å². The fraction of sp³-hybridized carbons (Fsp3) is 0.750. The first kappa shape index (κ1) is 13.5. The fourth-order valence-corrected chi connectivity index (χ4v) is 1.67. The molecule has 13 heavy (non-hydrogen) atoms. The van der Waals surface area contributed by atoms with Crippen LogP contribution in [0.15, 0.2) is 0 Å². The van der Waals surface area contributed by atoms with Crippen LogP contribution in [0, 0.1) is 5.41 Å². The molecule has 0 atom stereocenters. The molecule has 0 saturated heterocycles. The summed E-state index contributed by atoms with van der Waals surface area (Å²) in [4.78, 5) is 21.5. The van der Waals surface area contributed by atoms with Gasteiger partial charge in [-0.25, -0.2) is 0 Å². The van der Waals surface area contributed by atoms with Crippen LogP contribution in [0.2, 0.25) is 0 Å². The van der Waals surface area contributed by atoms with E-state index >= 15 is 0 Å². The van der Waals surface area contributed by atoms with Crippen LogP contribution in [0.1, 0.15) is 32.1 Å². The minimum atomic E-state index is -1.49. The third-order valence-electron chi connectivity index (χ3n) is 2.53. The second-order valence-electron chi connectivity index (χ2n) is 3.25. The summed E-state index contributed by atoms with van der Waals surface area (Å²) in [6.45, 7) is 0. The first-order chi connectivity index (χ1) is 5.59. The van der Waals surface area contributed by atoms with E-state index in [1.165, 1.54) is 0 Å². The van der Waals surface area contributed by atoms with Crippen LogP contribution in [-0.4, -0.2) is 71.0 Å². The van der Waals surface area contributed by atoms with Gasteiger partial charge < -0.3 is 10.2 Å². The van der Waals surface area contributed by atoms with Gasteiger partial charge in [0.05, 0.1) is 0 Å². The molecule has 0 unspecified atom stereocenters. The van der Waals surface area contributed by atoms with Gasteiger partial charge in [-0.2, -0.15) is 0 Å². The Bertz CT molecular complexity index is 192. The van der Waals surface area contributed by atoms with Gasteiger partial charge in [-0.3, -0.25) is 9.59 Å². The van der Waals surface area contributed by atoms with Crippen molar-refractivity contribution in [2.24, 2.45) is 5.41 Å². The predicted octanol–water partition coefficient (Wildman–Crippen LogP) is 0.190.